The summed E-state index contributed by atoms with van der Waals surface area (Å²) in [6.07, 6.45) is 27.9. The molecule has 4 aromatic carbocycles. The van der Waals surface area contributed by atoms with Gasteiger partial charge in [0.25, 0.3) is 0 Å². The number of rotatable bonds is 31. The van der Waals surface area contributed by atoms with E-state index in [1.165, 1.54) is 96.3 Å². The Hall–Kier alpha value is -4.19. The molecule has 6 nitrogen and oxygen atoms in total. The average molecular weight is 807 g/mol. The van der Waals surface area contributed by atoms with Crippen LogP contribution in [-0.4, -0.2) is 17.9 Å². The normalized spacial score (nSPS) is 11.3. The molecule has 59 heavy (non-hydrogen) atoms. The first-order valence-electron chi connectivity index (χ1n) is 23.7. The van der Waals surface area contributed by atoms with E-state index in [2.05, 4.69) is 20.8 Å². The van der Waals surface area contributed by atoms with E-state index in [0.29, 0.717) is 35.1 Å². The van der Waals surface area contributed by atoms with Gasteiger partial charge >= 0.3 is 17.9 Å². The first-order valence-corrected chi connectivity index (χ1v) is 23.7. The third-order valence-electron chi connectivity index (χ3n) is 11.5. The number of fused-ring (bicyclic) bond motifs is 2. The van der Waals surface area contributed by atoms with Crippen LogP contribution < -0.4 is 14.2 Å². The van der Waals surface area contributed by atoms with Crippen LogP contribution in [0.25, 0.3) is 32.7 Å². The molecule has 322 valence electrons. The van der Waals surface area contributed by atoms with E-state index in [1.54, 1.807) is 12.1 Å². The lowest BCUT2D eigenvalue weighted by molar-refractivity contribution is -0.135. The molecule has 0 aromatic heterocycles. The van der Waals surface area contributed by atoms with Crippen molar-refractivity contribution >= 4 is 39.5 Å². The Kier molecular flexibility index (Phi) is 22.8. The summed E-state index contributed by atoms with van der Waals surface area (Å²) in [6, 6.07) is 21.4. The first-order chi connectivity index (χ1) is 29.0. The third kappa shape index (κ3) is 16.4. The zero-order valence-corrected chi connectivity index (χ0v) is 36.9. The van der Waals surface area contributed by atoms with Gasteiger partial charge in [0, 0.05) is 19.3 Å². The number of hydrogen-bond donors (Lipinski definition) is 0. The average Bonchev–Trinajstić information content (AvgIpc) is 3.24. The Morgan fingerprint density at radius 2 is 0.712 bits per heavy atom. The van der Waals surface area contributed by atoms with Crippen molar-refractivity contribution in [2.75, 3.05) is 0 Å². The van der Waals surface area contributed by atoms with Crippen molar-refractivity contribution < 1.29 is 28.6 Å². The Morgan fingerprint density at radius 1 is 0.373 bits per heavy atom. The number of hydrogen-bond acceptors (Lipinski definition) is 6. The monoisotopic (exact) mass is 807 g/mol. The van der Waals surface area contributed by atoms with Crippen LogP contribution in [0.15, 0.2) is 66.7 Å². The summed E-state index contributed by atoms with van der Waals surface area (Å²) in [5.74, 6) is -0.0455. The molecule has 0 bridgehead atoms. The second kappa shape index (κ2) is 28.3. The van der Waals surface area contributed by atoms with Gasteiger partial charge in [-0.25, -0.2) is 0 Å². The van der Waals surface area contributed by atoms with Gasteiger partial charge in [0.15, 0.2) is 5.75 Å². The lowest BCUT2D eigenvalue weighted by atomic mass is 9.90. The second-order valence-corrected chi connectivity index (χ2v) is 16.5. The molecule has 0 radical (unpaired) electrons. The highest BCUT2D eigenvalue weighted by Crippen LogP contribution is 2.49. The molecule has 0 N–H and O–H groups in total. The summed E-state index contributed by atoms with van der Waals surface area (Å²) in [6.45, 7) is 6.68. The Balaban J connectivity index is 1.67. The maximum Gasteiger partial charge on any atom is 0.311 e. The number of carbonyl (C=O) groups excluding carboxylic acids is 3. The molecule has 0 fully saturated rings. The largest absolute Gasteiger partial charge is 0.426 e. The Labute approximate surface area is 356 Å². The maximum absolute atomic E-state index is 13.8. The predicted molar refractivity (Wildman–Crippen MR) is 245 cm³/mol. The van der Waals surface area contributed by atoms with Crippen LogP contribution in [-0.2, 0) is 14.4 Å². The van der Waals surface area contributed by atoms with Gasteiger partial charge in [-0.3, -0.25) is 14.4 Å². The number of carbonyl (C=O) groups is 3. The van der Waals surface area contributed by atoms with Crippen molar-refractivity contribution in [1.82, 2.24) is 0 Å². The molecule has 0 aliphatic rings. The summed E-state index contributed by atoms with van der Waals surface area (Å²) in [5.41, 5.74) is 1.84. The molecule has 0 amide bonds. The van der Waals surface area contributed by atoms with Crippen LogP contribution in [0, 0.1) is 0 Å². The minimum absolute atomic E-state index is 0.263. The van der Waals surface area contributed by atoms with Crippen molar-refractivity contribution in [3.63, 3.8) is 0 Å². The van der Waals surface area contributed by atoms with Crippen molar-refractivity contribution in [2.45, 2.75) is 194 Å². The summed E-state index contributed by atoms with van der Waals surface area (Å²) in [4.78, 5) is 40.8. The minimum Gasteiger partial charge on any atom is -0.426 e. The number of ether oxygens (including phenoxy) is 3. The molecular formula is C53H74O6. The lowest BCUT2D eigenvalue weighted by Crippen LogP contribution is -2.12. The van der Waals surface area contributed by atoms with Crippen LogP contribution in [0.4, 0.5) is 0 Å². The van der Waals surface area contributed by atoms with Crippen LogP contribution in [0.2, 0.25) is 0 Å². The molecule has 0 heterocycles. The van der Waals surface area contributed by atoms with E-state index in [0.717, 1.165) is 79.7 Å². The summed E-state index contributed by atoms with van der Waals surface area (Å²) >= 11 is 0. The fourth-order valence-corrected chi connectivity index (χ4v) is 8.13. The van der Waals surface area contributed by atoms with Gasteiger partial charge in [0.2, 0.25) is 0 Å². The topological polar surface area (TPSA) is 78.9 Å². The summed E-state index contributed by atoms with van der Waals surface area (Å²) in [7, 11) is 0. The smallest absolute Gasteiger partial charge is 0.311 e. The van der Waals surface area contributed by atoms with Crippen molar-refractivity contribution in [3.8, 4) is 28.4 Å². The Morgan fingerprint density at radius 3 is 1.08 bits per heavy atom. The number of esters is 3. The predicted octanol–water partition coefficient (Wildman–Crippen LogP) is 16.0. The highest BCUT2D eigenvalue weighted by molar-refractivity contribution is 6.21. The van der Waals surface area contributed by atoms with Gasteiger partial charge in [0.1, 0.15) is 11.5 Å². The molecule has 0 spiro atoms. The number of unbranched alkanes of at least 4 members (excludes halogenated alkanes) is 21. The van der Waals surface area contributed by atoms with Gasteiger partial charge in [-0.1, -0.05) is 210 Å². The van der Waals surface area contributed by atoms with Crippen molar-refractivity contribution in [2.24, 2.45) is 0 Å². The fourth-order valence-electron chi connectivity index (χ4n) is 8.13. The van der Waals surface area contributed by atoms with E-state index in [-0.39, 0.29) is 30.1 Å². The van der Waals surface area contributed by atoms with E-state index in [1.807, 2.05) is 54.6 Å². The van der Waals surface area contributed by atoms with Crippen molar-refractivity contribution in [1.29, 1.82) is 0 Å². The molecule has 0 saturated heterocycles. The quantitative estimate of drug-likeness (QED) is 0.0218. The summed E-state index contributed by atoms with van der Waals surface area (Å²) in [5, 5.41) is 2.63. The molecular weight excluding hydrogens is 733 g/mol. The van der Waals surface area contributed by atoms with Crippen LogP contribution in [0.3, 0.4) is 0 Å². The van der Waals surface area contributed by atoms with Gasteiger partial charge in [-0.15, -0.1) is 0 Å². The van der Waals surface area contributed by atoms with Crippen molar-refractivity contribution in [3.05, 3.63) is 66.7 Å². The van der Waals surface area contributed by atoms with Gasteiger partial charge < -0.3 is 14.2 Å². The third-order valence-corrected chi connectivity index (χ3v) is 11.5. The zero-order chi connectivity index (χ0) is 41.9. The molecule has 0 saturated carbocycles. The molecule has 4 rings (SSSR count). The van der Waals surface area contributed by atoms with Gasteiger partial charge in [-0.2, -0.15) is 0 Å². The van der Waals surface area contributed by atoms with E-state index in [4.69, 9.17) is 14.2 Å². The minimum atomic E-state index is -0.355. The van der Waals surface area contributed by atoms with E-state index < -0.39 is 0 Å². The van der Waals surface area contributed by atoms with Crippen LogP contribution >= 0.6 is 0 Å². The second-order valence-electron chi connectivity index (χ2n) is 16.5. The highest BCUT2D eigenvalue weighted by Gasteiger charge is 2.25. The van der Waals surface area contributed by atoms with Gasteiger partial charge in [-0.05, 0) is 53.3 Å². The standard InChI is InChI=1S/C53H74O6/c1-4-7-10-13-16-19-22-28-39-47(54)57-45-37-31-35-43-50(42-33-26-25-27-34-42)44-36-32-38-46(58-48(55)40-29-23-20-17-14-11-8-5-2)52(44)53(51(43)45)59-49(56)41-30-24-21-18-15-12-9-6-3/h25-27,31-38H,4-24,28-30,39-41H2,1-3H3. The molecule has 6 heteroatoms. The first kappa shape index (κ1) is 47.5. The van der Waals surface area contributed by atoms with Gasteiger partial charge in [0.05, 0.1) is 10.8 Å². The molecule has 0 unspecified atom stereocenters. The lowest BCUT2D eigenvalue weighted by Gasteiger charge is -2.20. The van der Waals surface area contributed by atoms with Crippen LogP contribution in [0.5, 0.6) is 17.2 Å². The fraction of sp³-hybridized carbons (Fsp3) is 0.566. The molecule has 0 atom stereocenters. The van der Waals surface area contributed by atoms with Crippen LogP contribution in [0.1, 0.15) is 194 Å². The van der Waals surface area contributed by atoms with E-state index in [9.17, 15) is 14.4 Å². The zero-order valence-electron chi connectivity index (χ0n) is 36.9. The maximum atomic E-state index is 13.8. The molecule has 4 aromatic rings. The Bertz CT molecular complexity index is 1730. The SMILES string of the molecule is CCCCCCCCCCC(=O)Oc1cccc2c(-c3ccccc3)c3cccc(OC(=O)CCCCCCCCCC)c3c(OC(=O)CCCCCCCCCC)c12. The number of benzene rings is 4. The molecule has 0 aliphatic heterocycles. The van der Waals surface area contributed by atoms with E-state index >= 15 is 0 Å². The summed E-state index contributed by atoms with van der Waals surface area (Å²) < 4.78 is 18.8. The molecule has 0 aliphatic carbocycles. The highest BCUT2D eigenvalue weighted by atomic mass is 16.6.